The normalized spacial score (nSPS) is 26.1. The minimum absolute atomic E-state index is 0.0609. The lowest BCUT2D eigenvalue weighted by atomic mass is 9.57. The molecule has 3 rings (SSSR count). The zero-order chi connectivity index (χ0) is 37.9. The molecule has 49 heavy (non-hydrogen) atoms. The molecule has 0 aliphatic carbocycles. The monoisotopic (exact) mass is 685 g/mol. The van der Waals surface area contributed by atoms with Crippen molar-refractivity contribution in [1.29, 1.82) is 0 Å². The molecule has 0 amide bonds. The van der Waals surface area contributed by atoms with Crippen molar-refractivity contribution in [2.45, 2.75) is 181 Å². The second kappa shape index (κ2) is 13.8. The van der Waals surface area contributed by atoms with E-state index in [4.69, 9.17) is 4.74 Å². The van der Waals surface area contributed by atoms with Gasteiger partial charge in [0.15, 0.2) is 5.92 Å². The number of ether oxygens (including phenoxy) is 1. The molecule has 0 aromatic heterocycles. The van der Waals surface area contributed by atoms with E-state index in [1.165, 1.54) is 0 Å². The largest absolute Gasteiger partial charge is 0.507 e. The summed E-state index contributed by atoms with van der Waals surface area (Å²) in [6.07, 6.45) is 4.43. The Bertz CT molecular complexity index is 1320. The number of aliphatic carboxylic acids is 1. The first kappa shape index (κ1) is 41.3. The minimum Gasteiger partial charge on any atom is -0.507 e. The van der Waals surface area contributed by atoms with Gasteiger partial charge in [0.25, 0.3) is 0 Å². The van der Waals surface area contributed by atoms with Gasteiger partial charge in [0.2, 0.25) is 0 Å². The van der Waals surface area contributed by atoms with E-state index in [1.54, 1.807) is 0 Å². The van der Waals surface area contributed by atoms with E-state index in [1.807, 2.05) is 39.8 Å². The number of piperidine rings is 2. The Labute approximate surface area is 299 Å². The maximum Gasteiger partial charge on any atom is 0.320 e. The Kier molecular flexibility index (Phi) is 11.6. The third-order valence-electron chi connectivity index (χ3n) is 13.3. The fourth-order valence-corrected chi connectivity index (χ4v) is 9.26. The zero-order valence-electron chi connectivity index (χ0n) is 34.3. The third kappa shape index (κ3) is 8.51. The summed E-state index contributed by atoms with van der Waals surface area (Å²) in [4.78, 5) is 31.6. The Hall–Kier alpha value is -2.12. The summed E-state index contributed by atoms with van der Waals surface area (Å²) in [5.74, 6) is -2.34. The number of hydrogen-bond acceptors (Lipinski definition) is 6. The maximum absolute atomic E-state index is 13.8. The Morgan fingerprint density at radius 2 is 1.29 bits per heavy atom. The molecule has 1 aromatic carbocycles. The number of esters is 1. The molecule has 7 heteroatoms. The van der Waals surface area contributed by atoms with E-state index < -0.39 is 24.0 Å². The highest BCUT2D eigenvalue weighted by Crippen LogP contribution is 2.53. The summed E-state index contributed by atoms with van der Waals surface area (Å²) in [7, 11) is 4.50. The van der Waals surface area contributed by atoms with Gasteiger partial charge in [-0.25, -0.2) is 0 Å². The fourth-order valence-electron chi connectivity index (χ4n) is 9.26. The van der Waals surface area contributed by atoms with Crippen molar-refractivity contribution >= 4 is 11.9 Å². The Balaban J connectivity index is 1.97. The van der Waals surface area contributed by atoms with Crippen molar-refractivity contribution < 1.29 is 24.5 Å². The molecule has 1 aromatic rings. The fraction of sp³-hybridized carbons (Fsp3) is 0.810. The number of aromatic hydroxyl groups is 1. The molecule has 0 radical (unpaired) electrons. The molecule has 4 atom stereocenters. The highest BCUT2D eigenvalue weighted by atomic mass is 16.5. The number of carbonyl (C=O) groups is 2. The number of rotatable bonds is 9. The standard InChI is InChI=1S/C42H72N2O5/c1-26(49-36(48)30(35(46)47)24-27-23-28(37(2,3)4)25-33(34(27)45)38(5,6)7)22-29(31-18-20-39(8,9)43(16)41(31,12)13)32-19-21-40(10,11)44(17)42(32,14)15/h23,25-26,29-32,45H,18-22,24H2,1-17H3,(H,46,47). The van der Waals surface area contributed by atoms with Crippen LogP contribution < -0.4 is 0 Å². The van der Waals surface area contributed by atoms with Gasteiger partial charge in [0, 0.05) is 22.2 Å². The molecule has 2 N–H and O–H groups in total. The van der Waals surface area contributed by atoms with E-state index in [9.17, 15) is 19.8 Å². The average molecular weight is 685 g/mol. The van der Waals surface area contributed by atoms with Crippen LogP contribution in [0.1, 0.15) is 153 Å². The SMILES string of the molecule is CC(CC(C1CCC(C)(C)N(C)C1(C)C)C1CCC(C)(C)N(C)C1(C)C)OC(=O)C(Cc1cc(C(C)(C)C)cc(C(C)(C)C)c1O)C(=O)O. The van der Waals surface area contributed by atoms with Crippen LogP contribution in [0.3, 0.4) is 0 Å². The highest BCUT2D eigenvalue weighted by Gasteiger charge is 2.54. The first-order chi connectivity index (χ1) is 22.0. The highest BCUT2D eigenvalue weighted by molar-refractivity contribution is 5.94. The first-order valence-corrected chi connectivity index (χ1v) is 18.7. The molecule has 4 unspecified atom stereocenters. The summed E-state index contributed by atoms with van der Waals surface area (Å²) in [5, 5.41) is 21.7. The molecule has 7 nitrogen and oxygen atoms in total. The average Bonchev–Trinajstić information content (AvgIpc) is 2.92. The number of likely N-dealkylation sites (tertiary alicyclic amines) is 2. The lowest BCUT2D eigenvalue weighted by Gasteiger charge is -2.62. The van der Waals surface area contributed by atoms with Gasteiger partial charge in [-0.2, -0.15) is 0 Å². The second-order valence-electron chi connectivity index (χ2n) is 20.1. The van der Waals surface area contributed by atoms with Crippen LogP contribution in [0, 0.1) is 23.7 Å². The molecule has 0 saturated carbocycles. The van der Waals surface area contributed by atoms with Gasteiger partial charge in [0.05, 0.1) is 6.10 Å². The van der Waals surface area contributed by atoms with Crippen LogP contribution in [0.5, 0.6) is 5.75 Å². The maximum atomic E-state index is 13.8. The van der Waals surface area contributed by atoms with Gasteiger partial charge in [0.1, 0.15) is 5.75 Å². The summed E-state index contributed by atoms with van der Waals surface area (Å²) in [6.45, 7) is 33.1. The number of hydrogen-bond donors (Lipinski definition) is 2. The van der Waals surface area contributed by atoms with E-state index in [-0.39, 0.29) is 51.1 Å². The second-order valence-corrected chi connectivity index (χ2v) is 20.1. The molecule has 2 aliphatic rings. The van der Waals surface area contributed by atoms with Crippen molar-refractivity contribution in [3.63, 3.8) is 0 Å². The first-order valence-electron chi connectivity index (χ1n) is 18.7. The van der Waals surface area contributed by atoms with Crippen molar-refractivity contribution in [3.8, 4) is 5.75 Å². The predicted octanol–water partition coefficient (Wildman–Crippen LogP) is 8.97. The number of carboxylic acids is 1. The molecule has 0 spiro atoms. The van der Waals surface area contributed by atoms with Crippen LogP contribution in [-0.2, 0) is 31.6 Å². The van der Waals surface area contributed by atoms with Crippen molar-refractivity contribution in [2.75, 3.05) is 14.1 Å². The topological polar surface area (TPSA) is 90.3 Å². The number of phenolic OH excluding ortho intramolecular Hbond substituents is 1. The van der Waals surface area contributed by atoms with Crippen LogP contribution in [0.4, 0.5) is 0 Å². The quantitative estimate of drug-likeness (QED) is 0.198. The molecular formula is C42H72N2O5. The summed E-state index contributed by atoms with van der Waals surface area (Å²) in [5.41, 5.74) is 1.62. The number of carbonyl (C=O) groups excluding carboxylic acids is 1. The smallest absolute Gasteiger partial charge is 0.320 e. The molecule has 2 fully saturated rings. The van der Waals surface area contributed by atoms with Crippen LogP contribution in [0.15, 0.2) is 12.1 Å². The predicted molar refractivity (Wildman–Crippen MR) is 201 cm³/mol. The molecule has 280 valence electrons. The zero-order valence-corrected chi connectivity index (χ0v) is 34.3. The van der Waals surface area contributed by atoms with E-state index >= 15 is 0 Å². The molecule has 2 heterocycles. The third-order valence-corrected chi connectivity index (χ3v) is 13.3. The Morgan fingerprint density at radius 3 is 1.67 bits per heavy atom. The number of benzene rings is 1. The van der Waals surface area contributed by atoms with Gasteiger partial charge in [-0.05, 0) is 160 Å². The number of carboxylic acid groups (broad SMARTS) is 1. The molecule has 2 aliphatic heterocycles. The minimum atomic E-state index is -1.43. The van der Waals surface area contributed by atoms with Gasteiger partial charge >= 0.3 is 11.9 Å². The number of phenols is 1. The van der Waals surface area contributed by atoms with Crippen LogP contribution >= 0.6 is 0 Å². The molecule has 0 bridgehead atoms. The van der Waals surface area contributed by atoms with E-state index in [0.717, 1.165) is 36.8 Å². The van der Waals surface area contributed by atoms with Gasteiger partial charge in [-0.3, -0.25) is 19.4 Å². The van der Waals surface area contributed by atoms with Crippen molar-refractivity contribution in [1.82, 2.24) is 9.80 Å². The summed E-state index contributed by atoms with van der Waals surface area (Å²) in [6, 6.07) is 3.87. The Morgan fingerprint density at radius 1 is 0.837 bits per heavy atom. The van der Waals surface area contributed by atoms with Gasteiger partial charge in [-0.1, -0.05) is 53.7 Å². The summed E-state index contributed by atoms with van der Waals surface area (Å²) >= 11 is 0. The summed E-state index contributed by atoms with van der Waals surface area (Å²) < 4.78 is 6.14. The van der Waals surface area contributed by atoms with E-state index in [2.05, 4.69) is 100 Å². The van der Waals surface area contributed by atoms with Crippen LogP contribution in [0.2, 0.25) is 0 Å². The van der Waals surface area contributed by atoms with Crippen molar-refractivity contribution in [2.24, 2.45) is 23.7 Å². The van der Waals surface area contributed by atoms with Gasteiger partial charge in [-0.15, -0.1) is 0 Å². The lowest BCUT2D eigenvalue weighted by Crippen LogP contribution is -2.66. The van der Waals surface area contributed by atoms with Crippen LogP contribution in [0.25, 0.3) is 0 Å². The lowest BCUT2D eigenvalue weighted by molar-refractivity contribution is -0.164. The molecular weight excluding hydrogens is 612 g/mol. The molecule has 2 saturated heterocycles. The van der Waals surface area contributed by atoms with Crippen LogP contribution in [-0.4, -0.2) is 74.3 Å². The van der Waals surface area contributed by atoms with Gasteiger partial charge < -0.3 is 14.9 Å². The van der Waals surface area contributed by atoms with Crippen molar-refractivity contribution in [3.05, 3.63) is 28.8 Å². The number of nitrogens with zero attached hydrogens (tertiary/aromatic N) is 2. The van der Waals surface area contributed by atoms with E-state index in [0.29, 0.717) is 23.8 Å².